The first-order chi connectivity index (χ1) is 13.0. The molecule has 1 aromatic heterocycles. The van der Waals surface area contributed by atoms with Crippen LogP contribution in [0.2, 0.25) is 0 Å². The Kier molecular flexibility index (Phi) is 4.34. The van der Waals surface area contributed by atoms with Crippen LogP contribution in [0.4, 0.5) is 0 Å². The maximum Gasteiger partial charge on any atom is 0.262 e. The molecule has 2 aromatic rings. The standard InChI is InChI=1S/C21H23N3O3/c1-13-11-15(14(2)24(13)16-7-8-16)9-10-22-19(25)12-23-20(26)17-5-3-4-6-18(17)21(23)27/h3-6,11,16H,7-10,12H2,1-2H3,(H,22,25). The van der Waals surface area contributed by atoms with Gasteiger partial charge < -0.3 is 9.88 Å². The monoisotopic (exact) mass is 365 g/mol. The molecule has 1 fully saturated rings. The van der Waals surface area contributed by atoms with E-state index in [2.05, 4.69) is 29.8 Å². The van der Waals surface area contributed by atoms with Gasteiger partial charge in [-0.3, -0.25) is 19.3 Å². The van der Waals surface area contributed by atoms with E-state index in [-0.39, 0.29) is 12.5 Å². The summed E-state index contributed by atoms with van der Waals surface area (Å²) in [5, 5.41) is 2.83. The van der Waals surface area contributed by atoms with Gasteiger partial charge in [-0.15, -0.1) is 0 Å². The van der Waals surface area contributed by atoms with Crippen LogP contribution in [0.15, 0.2) is 30.3 Å². The van der Waals surface area contributed by atoms with Crippen molar-refractivity contribution in [1.29, 1.82) is 0 Å². The van der Waals surface area contributed by atoms with Crippen LogP contribution in [-0.2, 0) is 11.2 Å². The number of imide groups is 1. The highest BCUT2D eigenvalue weighted by atomic mass is 16.2. The van der Waals surface area contributed by atoms with Gasteiger partial charge in [0.05, 0.1) is 11.1 Å². The zero-order valence-electron chi connectivity index (χ0n) is 15.6. The molecule has 6 nitrogen and oxygen atoms in total. The molecule has 6 heteroatoms. The van der Waals surface area contributed by atoms with Crippen molar-refractivity contribution >= 4 is 17.7 Å². The minimum Gasteiger partial charge on any atom is -0.354 e. The van der Waals surface area contributed by atoms with Crippen molar-refractivity contribution in [2.75, 3.05) is 13.1 Å². The highest BCUT2D eigenvalue weighted by molar-refractivity contribution is 6.22. The molecule has 27 heavy (non-hydrogen) atoms. The molecule has 4 rings (SSSR count). The maximum absolute atomic E-state index is 12.3. The second-order valence-electron chi connectivity index (χ2n) is 7.34. The van der Waals surface area contributed by atoms with Crippen LogP contribution in [0.3, 0.4) is 0 Å². The molecule has 0 spiro atoms. The van der Waals surface area contributed by atoms with Gasteiger partial charge in [0.1, 0.15) is 6.54 Å². The highest BCUT2D eigenvalue weighted by Gasteiger charge is 2.36. The van der Waals surface area contributed by atoms with E-state index in [9.17, 15) is 14.4 Å². The largest absolute Gasteiger partial charge is 0.354 e. The average molecular weight is 365 g/mol. The summed E-state index contributed by atoms with van der Waals surface area (Å²) in [7, 11) is 0. The molecule has 2 aliphatic rings. The summed E-state index contributed by atoms with van der Waals surface area (Å²) in [6.07, 6.45) is 3.22. The van der Waals surface area contributed by atoms with Crippen LogP contribution in [-0.4, -0.2) is 40.3 Å². The van der Waals surface area contributed by atoms with E-state index >= 15 is 0 Å². The van der Waals surface area contributed by atoms with E-state index in [0.717, 1.165) is 11.3 Å². The number of aryl methyl sites for hydroxylation is 1. The van der Waals surface area contributed by atoms with Crippen molar-refractivity contribution in [2.45, 2.75) is 39.2 Å². The van der Waals surface area contributed by atoms with Gasteiger partial charge in [0, 0.05) is 24.0 Å². The topological polar surface area (TPSA) is 71.4 Å². The molecule has 1 N–H and O–H groups in total. The molecule has 140 valence electrons. The van der Waals surface area contributed by atoms with E-state index in [1.807, 2.05) is 0 Å². The summed E-state index contributed by atoms with van der Waals surface area (Å²) < 4.78 is 2.38. The van der Waals surface area contributed by atoms with Crippen LogP contribution >= 0.6 is 0 Å². The second kappa shape index (κ2) is 6.68. The molecule has 0 radical (unpaired) electrons. The van der Waals surface area contributed by atoms with Gasteiger partial charge in [-0.05, 0) is 56.9 Å². The number of hydrogen-bond donors (Lipinski definition) is 1. The number of carbonyl (C=O) groups excluding carboxylic acids is 3. The van der Waals surface area contributed by atoms with Gasteiger partial charge in [-0.25, -0.2) is 0 Å². The smallest absolute Gasteiger partial charge is 0.262 e. The number of hydrogen-bond acceptors (Lipinski definition) is 3. The van der Waals surface area contributed by atoms with Crippen molar-refractivity contribution in [2.24, 2.45) is 0 Å². The lowest BCUT2D eigenvalue weighted by atomic mass is 10.1. The number of amides is 3. The fourth-order valence-electron chi connectivity index (χ4n) is 3.91. The Balaban J connectivity index is 1.33. The van der Waals surface area contributed by atoms with Crippen molar-refractivity contribution in [3.63, 3.8) is 0 Å². The second-order valence-corrected chi connectivity index (χ2v) is 7.34. The van der Waals surface area contributed by atoms with Gasteiger partial charge >= 0.3 is 0 Å². The van der Waals surface area contributed by atoms with E-state index in [1.165, 1.54) is 29.8 Å². The lowest BCUT2D eigenvalue weighted by Gasteiger charge is -2.13. The molecule has 0 atom stereocenters. The molecule has 1 saturated carbocycles. The van der Waals surface area contributed by atoms with E-state index in [4.69, 9.17) is 0 Å². The van der Waals surface area contributed by atoms with E-state index in [1.54, 1.807) is 24.3 Å². The molecular weight excluding hydrogens is 342 g/mol. The molecule has 0 saturated heterocycles. The quantitative estimate of drug-likeness (QED) is 0.799. The maximum atomic E-state index is 12.3. The zero-order valence-corrected chi connectivity index (χ0v) is 15.6. The molecular formula is C21H23N3O3. The SMILES string of the molecule is Cc1cc(CCNC(=O)CN2C(=O)c3ccccc3C2=O)c(C)n1C1CC1. The van der Waals surface area contributed by atoms with Crippen LogP contribution in [0.1, 0.15) is 56.6 Å². The Labute approximate surface area is 158 Å². The van der Waals surface area contributed by atoms with Crippen molar-refractivity contribution in [1.82, 2.24) is 14.8 Å². The van der Waals surface area contributed by atoms with E-state index < -0.39 is 11.8 Å². The summed E-state index contributed by atoms with van der Waals surface area (Å²) in [6.45, 7) is 4.49. The Morgan fingerprint density at radius 1 is 1.11 bits per heavy atom. The third kappa shape index (κ3) is 3.16. The Morgan fingerprint density at radius 3 is 2.33 bits per heavy atom. The fraction of sp³-hybridized carbons (Fsp3) is 0.381. The molecule has 1 aliphatic carbocycles. The van der Waals surface area contributed by atoms with Crippen LogP contribution in [0.25, 0.3) is 0 Å². The molecule has 1 aliphatic heterocycles. The lowest BCUT2D eigenvalue weighted by molar-refractivity contribution is -0.121. The van der Waals surface area contributed by atoms with Crippen LogP contribution in [0, 0.1) is 13.8 Å². The van der Waals surface area contributed by atoms with Gasteiger partial charge in [0.25, 0.3) is 11.8 Å². The van der Waals surface area contributed by atoms with Crippen molar-refractivity contribution < 1.29 is 14.4 Å². The normalized spacial score (nSPS) is 16.0. The highest BCUT2D eigenvalue weighted by Crippen LogP contribution is 2.38. The number of carbonyl (C=O) groups is 3. The molecule has 0 bridgehead atoms. The van der Waals surface area contributed by atoms with Crippen LogP contribution < -0.4 is 5.32 Å². The Bertz CT molecular complexity index is 905. The van der Waals surface area contributed by atoms with Crippen molar-refractivity contribution in [3.05, 3.63) is 58.4 Å². The molecule has 0 unspecified atom stereocenters. The molecule has 2 heterocycles. The minimum absolute atomic E-state index is 0.243. The predicted octanol–water partition coefficient (Wildman–Crippen LogP) is 2.39. The number of rotatable bonds is 6. The average Bonchev–Trinajstić information content (AvgIpc) is 3.40. The first-order valence-electron chi connectivity index (χ1n) is 9.36. The lowest BCUT2D eigenvalue weighted by Crippen LogP contribution is -2.40. The number of nitrogens with one attached hydrogen (secondary N) is 1. The summed E-state index contributed by atoms with van der Waals surface area (Å²) in [5.41, 5.74) is 4.50. The Hall–Kier alpha value is -2.89. The minimum atomic E-state index is -0.404. The van der Waals surface area contributed by atoms with Gasteiger partial charge in [-0.2, -0.15) is 0 Å². The van der Waals surface area contributed by atoms with Crippen LogP contribution in [0.5, 0.6) is 0 Å². The predicted molar refractivity (Wildman–Crippen MR) is 101 cm³/mol. The fourth-order valence-corrected chi connectivity index (χ4v) is 3.91. The number of benzene rings is 1. The third-order valence-electron chi connectivity index (χ3n) is 5.40. The van der Waals surface area contributed by atoms with E-state index in [0.29, 0.717) is 23.7 Å². The summed E-state index contributed by atoms with van der Waals surface area (Å²) in [5.74, 6) is -1.13. The first kappa shape index (κ1) is 17.5. The van der Waals surface area contributed by atoms with Gasteiger partial charge in [0.15, 0.2) is 0 Å². The third-order valence-corrected chi connectivity index (χ3v) is 5.40. The van der Waals surface area contributed by atoms with Crippen molar-refractivity contribution in [3.8, 4) is 0 Å². The number of aromatic nitrogens is 1. The summed E-state index contributed by atoms with van der Waals surface area (Å²) in [4.78, 5) is 37.9. The number of nitrogens with zero attached hydrogens (tertiary/aromatic N) is 2. The van der Waals surface area contributed by atoms with Gasteiger partial charge in [-0.1, -0.05) is 12.1 Å². The molecule has 3 amide bonds. The summed E-state index contributed by atoms with van der Waals surface area (Å²) >= 11 is 0. The summed E-state index contributed by atoms with van der Waals surface area (Å²) in [6, 6.07) is 9.48. The van der Waals surface area contributed by atoms with Gasteiger partial charge in [0.2, 0.25) is 5.91 Å². The zero-order chi connectivity index (χ0) is 19.1. The Morgan fingerprint density at radius 2 is 1.74 bits per heavy atom. The molecule has 1 aromatic carbocycles. The number of fused-ring (bicyclic) bond motifs is 1. The first-order valence-corrected chi connectivity index (χ1v) is 9.36.